The van der Waals surface area contributed by atoms with Crippen LogP contribution in [0.1, 0.15) is 10.4 Å². The van der Waals surface area contributed by atoms with Crippen molar-refractivity contribution in [2.45, 2.75) is 0 Å². The SMILES string of the molecule is O=C(Nc1cc(Cl)ccc1F)c1ccc([N+](=O)[O-])cc1. The van der Waals surface area contributed by atoms with E-state index in [1.54, 1.807) is 0 Å². The van der Waals surface area contributed by atoms with E-state index in [9.17, 15) is 19.3 Å². The minimum atomic E-state index is -0.621. The Bertz CT molecular complexity index is 674. The molecule has 0 saturated carbocycles. The van der Waals surface area contributed by atoms with Crippen LogP contribution in [0, 0.1) is 15.9 Å². The summed E-state index contributed by atoms with van der Waals surface area (Å²) in [5, 5.41) is 13.1. The first kappa shape index (κ1) is 14.0. The van der Waals surface area contributed by atoms with Gasteiger partial charge in [-0.05, 0) is 30.3 Å². The fourth-order valence-corrected chi connectivity index (χ4v) is 1.69. The van der Waals surface area contributed by atoms with Crippen molar-refractivity contribution in [1.82, 2.24) is 0 Å². The van der Waals surface area contributed by atoms with Gasteiger partial charge in [0.1, 0.15) is 5.82 Å². The van der Waals surface area contributed by atoms with Crippen molar-refractivity contribution in [2.24, 2.45) is 0 Å². The lowest BCUT2D eigenvalue weighted by Crippen LogP contribution is -2.12. The van der Waals surface area contributed by atoms with Gasteiger partial charge in [-0.15, -0.1) is 0 Å². The Labute approximate surface area is 118 Å². The Kier molecular flexibility index (Phi) is 3.95. The minimum absolute atomic E-state index is 0.0548. The van der Waals surface area contributed by atoms with Gasteiger partial charge in [0.2, 0.25) is 0 Å². The first-order valence-electron chi connectivity index (χ1n) is 5.48. The fourth-order valence-electron chi connectivity index (χ4n) is 1.52. The zero-order valence-electron chi connectivity index (χ0n) is 9.97. The second-order valence-corrected chi connectivity index (χ2v) is 4.32. The third-order valence-electron chi connectivity index (χ3n) is 2.52. The number of halogens is 2. The molecule has 0 spiro atoms. The zero-order chi connectivity index (χ0) is 14.7. The number of benzene rings is 2. The molecule has 0 saturated heterocycles. The van der Waals surface area contributed by atoms with Crippen molar-refractivity contribution in [3.63, 3.8) is 0 Å². The van der Waals surface area contributed by atoms with E-state index in [0.717, 1.165) is 6.07 Å². The van der Waals surface area contributed by atoms with E-state index in [4.69, 9.17) is 11.6 Å². The number of carbonyl (C=O) groups is 1. The van der Waals surface area contributed by atoms with E-state index >= 15 is 0 Å². The standard InChI is InChI=1S/C13H8ClFN2O3/c14-9-3-6-11(15)12(7-9)16-13(18)8-1-4-10(5-2-8)17(19)20/h1-7H,(H,16,18). The largest absolute Gasteiger partial charge is 0.319 e. The van der Waals surface area contributed by atoms with Crippen LogP contribution in [0.3, 0.4) is 0 Å². The number of nitro groups is 1. The molecule has 0 aliphatic heterocycles. The molecule has 0 bridgehead atoms. The van der Waals surface area contributed by atoms with Gasteiger partial charge in [0, 0.05) is 22.7 Å². The van der Waals surface area contributed by atoms with Crippen LogP contribution in [-0.2, 0) is 0 Å². The molecule has 1 amide bonds. The van der Waals surface area contributed by atoms with E-state index in [1.807, 2.05) is 0 Å². The first-order valence-corrected chi connectivity index (χ1v) is 5.86. The first-order chi connectivity index (χ1) is 9.47. The van der Waals surface area contributed by atoms with Gasteiger partial charge < -0.3 is 5.32 Å². The van der Waals surface area contributed by atoms with Crippen molar-refractivity contribution in [1.29, 1.82) is 0 Å². The Hall–Kier alpha value is -2.47. The number of rotatable bonds is 3. The van der Waals surface area contributed by atoms with Crippen molar-refractivity contribution < 1.29 is 14.1 Å². The van der Waals surface area contributed by atoms with Gasteiger partial charge in [-0.3, -0.25) is 14.9 Å². The number of carbonyl (C=O) groups excluding carboxylic acids is 1. The summed E-state index contributed by atoms with van der Waals surface area (Å²) in [7, 11) is 0. The van der Waals surface area contributed by atoms with Gasteiger partial charge in [-0.2, -0.15) is 0 Å². The highest BCUT2D eigenvalue weighted by molar-refractivity contribution is 6.31. The maximum atomic E-state index is 13.5. The van der Waals surface area contributed by atoms with Crippen molar-refractivity contribution in [3.05, 3.63) is 69.0 Å². The molecule has 1 N–H and O–H groups in total. The number of nitro benzene ring substituents is 1. The van der Waals surface area contributed by atoms with E-state index in [-0.39, 0.29) is 22.0 Å². The summed E-state index contributed by atoms with van der Waals surface area (Å²) in [4.78, 5) is 21.8. The van der Waals surface area contributed by atoms with Crippen molar-refractivity contribution >= 4 is 28.9 Å². The molecule has 102 valence electrons. The number of nitrogens with one attached hydrogen (secondary N) is 1. The lowest BCUT2D eigenvalue weighted by Gasteiger charge is -2.06. The maximum absolute atomic E-state index is 13.5. The quantitative estimate of drug-likeness (QED) is 0.694. The highest BCUT2D eigenvalue weighted by Crippen LogP contribution is 2.20. The van der Waals surface area contributed by atoms with E-state index in [0.29, 0.717) is 0 Å². The summed E-state index contributed by atoms with van der Waals surface area (Å²) in [5.74, 6) is -1.20. The van der Waals surface area contributed by atoms with Crippen LogP contribution in [-0.4, -0.2) is 10.8 Å². The smallest absolute Gasteiger partial charge is 0.269 e. The average Bonchev–Trinajstić information content (AvgIpc) is 2.43. The highest BCUT2D eigenvalue weighted by Gasteiger charge is 2.11. The Balaban J connectivity index is 2.19. The van der Waals surface area contributed by atoms with Crippen LogP contribution in [0.2, 0.25) is 5.02 Å². The van der Waals surface area contributed by atoms with Gasteiger partial charge in [0.15, 0.2) is 0 Å². The van der Waals surface area contributed by atoms with Crippen molar-refractivity contribution in [2.75, 3.05) is 5.32 Å². The summed E-state index contributed by atoms with van der Waals surface area (Å²) in [5.41, 5.74) is -0.00804. The maximum Gasteiger partial charge on any atom is 0.269 e. The Morgan fingerprint density at radius 2 is 1.85 bits per heavy atom. The molecule has 7 heteroatoms. The number of hydrogen-bond acceptors (Lipinski definition) is 3. The monoisotopic (exact) mass is 294 g/mol. The summed E-state index contributed by atoms with van der Waals surface area (Å²) < 4.78 is 13.5. The van der Waals surface area contributed by atoms with Gasteiger partial charge in [0.05, 0.1) is 10.6 Å². The number of anilines is 1. The highest BCUT2D eigenvalue weighted by atomic mass is 35.5. The lowest BCUT2D eigenvalue weighted by molar-refractivity contribution is -0.384. The van der Waals surface area contributed by atoms with Crippen LogP contribution in [0.25, 0.3) is 0 Å². The molecule has 0 aliphatic carbocycles. The van der Waals surface area contributed by atoms with Crippen LogP contribution in [0.15, 0.2) is 42.5 Å². The third-order valence-corrected chi connectivity index (χ3v) is 2.75. The molecule has 2 aromatic rings. The number of nitrogens with zero attached hydrogens (tertiary/aromatic N) is 1. The molecule has 2 rings (SSSR count). The predicted molar refractivity (Wildman–Crippen MR) is 72.5 cm³/mol. The molecule has 2 aromatic carbocycles. The molecule has 0 fully saturated rings. The van der Waals surface area contributed by atoms with E-state index in [1.165, 1.54) is 36.4 Å². The van der Waals surface area contributed by atoms with Crippen LogP contribution < -0.4 is 5.32 Å². The molecule has 20 heavy (non-hydrogen) atoms. The molecule has 0 unspecified atom stereocenters. The molecular formula is C13H8ClFN2O3. The van der Waals surface area contributed by atoms with Crippen molar-refractivity contribution in [3.8, 4) is 0 Å². The van der Waals surface area contributed by atoms with Gasteiger partial charge in [0.25, 0.3) is 11.6 Å². The molecular weight excluding hydrogens is 287 g/mol. The Morgan fingerprint density at radius 1 is 1.20 bits per heavy atom. The third kappa shape index (κ3) is 3.10. The topological polar surface area (TPSA) is 72.2 Å². The molecule has 0 aromatic heterocycles. The van der Waals surface area contributed by atoms with Gasteiger partial charge in [-0.25, -0.2) is 4.39 Å². The second-order valence-electron chi connectivity index (χ2n) is 3.88. The molecule has 0 radical (unpaired) electrons. The van der Waals surface area contributed by atoms with Crippen LogP contribution in [0.5, 0.6) is 0 Å². The van der Waals surface area contributed by atoms with Gasteiger partial charge >= 0.3 is 0 Å². The number of amides is 1. The molecule has 5 nitrogen and oxygen atoms in total. The lowest BCUT2D eigenvalue weighted by atomic mass is 10.2. The van der Waals surface area contributed by atoms with Gasteiger partial charge in [-0.1, -0.05) is 11.6 Å². The molecule has 0 heterocycles. The summed E-state index contributed by atoms with van der Waals surface area (Å²) >= 11 is 5.71. The van der Waals surface area contributed by atoms with E-state index < -0.39 is 16.6 Å². The number of hydrogen-bond donors (Lipinski definition) is 1. The zero-order valence-corrected chi connectivity index (χ0v) is 10.7. The summed E-state index contributed by atoms with van der Waals surface area (Å²) in [6.45, 7) is 0. The average molecular weight is 295 g/mol. The molecule has 0 atom stereocenters. The Morgan fingerprint density at radius 3 is 2.45 bits per heavy atom. The van der Waals surface area contributed by atoms with Crippen LogP contribution >= 0.6 is 11.6 Å². The van der Waals surface area contributed by atoms with Crippen LogP contribution in [0.4, 0.5) is 15.8 Å². The molecule has 0 aliphatic rings. The summed E-state index contributed by atoms with van der Waals surface area (Å²) in [6, 6.07) is 8.74. The predicted octanol–water partition coefficient (Wildman–Crippen LogP) is 3.64. The fraction of sp³-hybridized carbons (Fsp3) is 0. The minimum Gasteiger partial charge on any atom is -0.319 e. The second kappa shape index (κ2) is 5.66. The summed E-state index contributed by atoms with van der Waals surface area (Å²) in [6.07, 6.45) is 0. The van der Waals surface area contributed by atoms with E-state index in [2.05, 4.69) is 5.32 Å². The number of non-ortho nitro benzene ring substituents is 1. The normalized spacial score (nSPS) is 10.1.